The van der Waals surface area contributed by atoms with Gasteiger partial charge in [0.15, 0.2) is 0 Å². The average Bonchev–Trinajstić information content (AvgIpc) is 2.81. The molecule has 0 unspecified atom stereocenters. The van der Waals surface area contributed by atoms with Crippen molar-refractivity contribution in [2.24, 2.45) is 7.05 Å². The van der Waals surface area contributed by atoms with E-state index in [1.807, 2.05) is 0 Å². The lowest BCUT2D eigenvalue weighted by atomic mass is 10.0. The molecule has 1 aromatic carbocycles. The third-order valence-electron chi connectivity index (χ3n) is 2.71. The Kier molecular flexibility index (Phi) is 4.34. The summed E-state index contributed by atoms with van der Waals surface area (Å²) < 4.78 is 32.8. The highest BCUT2D eigenvalue weighted by molar-refractivity contribution is 6.67. The molecule has 0 N–H and O–H groups in total. The molecule has 0 aliphatic rings. The fourth-order valence-corrected chi connectivity index (χ4v) is 1.95. The molecule has 0 amide bonds. The molecule has 4 nitrogen and oxygen atoms in total. The molecule has 1 aromatic heterocycles. The van der Waals surface area contributed by atoms with Gasteiger partial charge in [0.1, 0.15) is 6.61 Å². The predicted octanol–water partition coefficient (Wildman–Crippen LogP) is 3.32. The summed E-state index contributed by atoms with van der Waals surface area (Å²) in [5, 5.41) is 3.16. The number of hydrogen-bond acceptors (Lipinski definition) is 3. The summed E-state index contributed by atoms with van der Waals surface area (Å²) in [7, 11) is 1.70. The lowest BCUT2D eigenvalue weighted by Crippen LogP contribution is -2.07. The summed E-state index contributed by atoms with van der Waals surface area (Å²) in [6.07, 6.45) is -1.06. The van der Waals surface area contributed by atoms with E-state index in [1.54, 1.807) is 19.3 Å². The van der Waals surface area contributed by atoms with Crippen molar-refractivity contribution in [1.29, 1.82) is 0 Å². The minimum absolute atomic E-state index is 0.0143. The van der Waals surface area contributed by atoms with Crippen LogP contribution in [0, 0.1) is 0 Å². The third-order valence-corrected chi connectivity index (χ3v) is 2.92. The SMILES string of the molecule is Cn1ccc(OCc2c(C(=O)Cl)cccc2C(F)F)n1. The maximum absolute atomic E-state index is 13.0. The van der Waals surface area contributed by atoms with Gasteiger partial charge in [0.05, 0.1) is 0 Å². The maximum Gasteiger partial charge on any atom is 0.264 e. The van der Waals surface area contributed by atoms with Crippen molar-refractivity contribution in [3.05, 3.63) is 47.2 Å². The molecule has 20 heavy (non-hydrogen) atoms. The van der Waals surface area contributed by atoms with E-state index in [0.717, 1.165) is 0 Å². The number of halogens is 3. The van der Waals surface area contributed by atoms with Gasteiger partial charge in [0.2, 0.25) is 5.88 Å². The largest absolute Gasteiger partial charge is 0.472 e. The number of aromatic nitrogens is 2. The van der Waals surface area contributed by atoms with Crippen LogP contribution >= 0.6 is 11.6 Å². The van der Waals surface area contributed by atoms with Crippen LogP contribution in [0.1, 0.15) is 27.9 Å². The summed E-state index contributed by atoms with van der Waals surface area (Å²) in [5.74, 6) is 0.282. The van der Waals surface area contributed by atoms with E-state index >= 15 is 0 Å². The number of aryl methyl sites for hydroxylation is 1. The van der Waals surface area contributed by atoms with Gasteiger partial charge in [-0.2, -0.15) is 0 Å². The van der Waals surface area contributed by atoms with Gasteiger partial charge in [-0.25, -0.2) is 8.78 Å². The molecule has 0 aliphatic heterocycles. The number of nitrogens with zero attached hydrogens (tertiary/aromatic N) is 2. The zero-order chi connectivity index (χ0) is 14.7. The lowest BCUT2D eigenvalue weighted by Gasteiger charge is -2.12. The highest BCUT2D eigenvalue weighted by Gasteiger charge is 2.19. The van der Waals surface area contributed by atoms with Crippen LogP contribution in [0.4, 0.5) is 8.78 Å². The standard InChI is InChI=1S/C13H11ClF2N2O2/c1-18-6-5-11(17-18)20-7-10-8(12(14)19)3-2-4-9(10)13(15)16/h2-6,13H,7H2,1H3. The van der Waals surface area contributed by atoms with E-state index in [2.05, 4.69) is 5.10 Å². The van der Waals surface area contributed by atoms with Gasteiger partial charge in [-0.1, -0.05) is 12.1 Å². The summed E-state index contributed by atoms with van der Waals surface area (Å²) >= 11 is 5.41. The molecular weight excluding hydrogens is 290 g/mol. The van der Waals surface area contributed by atoms with E-state index in [9.17, 15) is 13.6 Å². The highest BCUT2D eigenvalue weighted by atomic mass is 35.5. The lowest BCUT2D eigenvalue weighted by molar-refractivity contribution is 0.107. The number of carbonyl (C=O) groups is 1. The smallest absolute Gasteiger partial charge is 0.264 e. The van der Waals surface area contributed by atoms with Gasteiger partial charge >= 0.3 is 0 Å². The normalized spacial score (nSPS) is 10.8. The zero-order valence-electron chi connectivity index (χ0n) is 10.5. The Labute approximate surface area is 118 Å². The van der Waals surface area contributed by atoms with E-state index < -0.39 is 11.7 Å². The molecule has 0 aliphatic carbocycles. The maximum atomic E-state index is 13.0. The van der Waals surface area contributed by atoms with Crippen LogP contribution in [-0.4, -0.2) is 15.0 Å². The molecule has 106 valence electrons. The van der Waals surface area contributed by atoms with Crippen molar-refractivity contribution in [3.8, 4) is 5.88 Å². The average molecular weight is 301 g/mol. The van der Waals surface area contributed by atoms with E-state index in [1.165, 1.54) is 22.9 Å². The fourth-order valence-electron chi connectivity index (χ4n) is 1.77. The number of alkyl halides is 2. The highest BCUT2D eigenvalue weighted by Crippen LogP contribution is 2.27. The minimum Gasteiger partial charge on any atom is -0.472 e. The number of benzene rings is 1. The zero-order valence-corrected chi connectivity index (χ0v) is 11.3. The summed E-state index contributed by atoms with van der Waals surface area (Å²) in [5.41, 5.74) is -0.180. The Morgan fingerprint density at radius 3 is 2.75 bits per heavy atom. The molecule has 0 radical (unpaired) electrons. The van der Waals surface area contributed by atoms with Gasteiger partial charge in [0.25, 0.3) is 11.7 Å². The Bertz CT molecular complexity index is 629. The molecule has 0 atom stereocenters. The van der Waals surface area contributed by atoms with Crippen LogP contribution in [0.5, 0.6) is 5.88 Å². The molecular formula is C13H11ClF2N2O2. The fraction of sp³-hybridized carbons (Fsp3) is 0.231. The summed E-state index contributed by atoms with van der Waals surface area (Å²) in [6, 6.07) is 5.58. The first kappa shape index (κ1) is 14.5. The molecule has 2 aromatic rings. The van der Waals surface area contributed by atoms with Crippen LogP contribution in [0.25, 0.3) is 0 Å². The minimum atomic E-state index is -2.71. The molecule has 0 spiro atoms. The third kappa shape index (κ3) is 3.14. The van der Waals surface area contributed by atoms with Gasteiger partial charge in [0, 0.05) is 36.0 Å². The molecule has 0 bridgehead atoms. The van der Waals surface area contributed by atoms with Crippen molar-refractivity contribution in [1.82, 2.24) is 9.78 Å². The first-order valence-electron chi connectivity index (χ1n) is 5.71. The molecule has 1 heterocycles. The Morgan fingerprint density at radius 2 is 2.20 bits per heavy atom. The van der Waals surface area contributed by atoms with Crippen LogP contribution in [0.3, 0.4) is 0 Å². The second-order valence-corrected chi connectivity index (χ2v) is 4.41. The summed E-state index contributed by atoms with van der Waals surface area (Å²) in [6.45, 7) is -0.203. The van der Waals surface area contributed by atoms with Gasteiger partial charge < -0.3 is 4.74 Å². The number of carbonyl (C=O) groups excluding carboxylic acids is 1. The van der Waals surface area contributed by atoms with Gasteiger partial charge in [-0.3, -0.25) is 9.48 Å². The number of ether oxygens (including phenoxy) is 1. The Morgan fingerprint density at radius 1 is 1.45 bits per heavy atom. The molecule has 0 fully saturated rings. The van der Waals surface area contributed by atoms with E-state index in [0.29, 0.717) is 0 Å². The molecule has 0 saturated heterocycles. The number of hydrogen-bond donors (Lipinski definition) is 0. The second kappa shape index (κ2) is 6.00. The van der Waals surface area contributed by atoms with E-state index in [-0.39, 0.29) is 29.2 Å². The number of rotatable bonds is 5. The monoisotopic (exact) mass is 300 g/mol. The van der Waals surface area contributed by atoms with Crippen molar-refractivity contribution in [2.75, 3.05) is 0 Å². The van der Waals surface area contributed by atoms with Crippen molar-refractivity contribution in [2.45, 2.75) is 13.0 Å². The first-order valence-corrected chi connectivity index (χ1v) is 6.09. The Balaban J connectivity index is 2.30. The quantitative estimate of drug-likeness (QED) is 0.796. The van der Waals surface area contributed by atoms with Crippen molar-refractivity contribution >= 4 is 16.8 Å². The van der Waals surface area contributed by atoms with Crippen LogP contribution in [-0.2, 0) is 13.7 Å². The first-order chi connectivity index (χ1) is 9.49. The molecule has 0 saturated carbocycles. The summed E-state index contributed by atoms with van der Waals surface area (Å²) in [4.78, 5) is 11.3. The van der Waals surface area contributed by atoms with E-state index in [4.69, 9.17) is 16.3 Å². The van der Waals surface area contributed by atoms with Crippen molar-refractivity contribution in [3.63, 3.8) is 0 Å². The van der Waals surface area contributed by atoms with Crippen molar-refractivity contribution < 1.29 is 18.3 Å². The topological polar surface area (TPSA) is 44.1 Å². The van der Waals surface area contributed by atoms with Crippen LogP contribution in [0.2, 0.25) is 0 Å². The second-order valence-electron chi connectivity index (χ2n) is 4.06. The van der Waals surface area contributed by atoms with Crippen LogP contribution < -0.4 is 4.74 Å². The van der Waals surface area contributed by atoms with Gasteiger partial charge in [-0.05, 0) is 17.7 Å². The van der Waals surface area contributed by atoms with Crippen LogP contribution in [0.15, 0.2) is 30.5 Å². The molecule has 2 rings (SSSR count). The van der Waals surface area contributed by atoms with Gasteiger partial charge in [-0.15, -0.1) is 5.10 Å². The molecule has 7 heteroatoms. The Hall–Kier alpha value is -1.95. The predicted molar refractivity (Wildman–Crippen MR) is 69.1 cm³/mol.